The predicted octanol–water partition coefficient (Wildman–Crippen LogP) is 2.00. The van der Waals surface area contributed by atoms with Crippen molar-refractivity contribution in [2.45, 2.75) is 26.4 Å². The Kier molecular flexibility index (Phi) is 3.71. The second-order valence-corrected chi connectivity index (χ2v) is 5.07. The number of aromatic amines is 1. The first-order valence-corrected chi connectivity index (χ1v) is 6.40. The maximum absolute atomic E-state index is 11.6. The molecule has 0 unspecified atom stereocenters. The molecule has 2 rings (SSSR count). The van der Waals surface area contributed by atoms with Gasteiger partial charge in [-0.05, 0) is 17.5 Å². The Morgan fingerprint density at radius 2 is 2.35 bits per heavy atom. The standard InChI is InChI=1S/C12H15N3OS/c1-8(2)13-7-9-6-10(14-15-12(9)16)11-4-3-5-17-11/h3-6,8,13H,7H2,1-2H3,(H,15,16). The molecular formula is C12H15N3OS. The van der Waals surface area contributed by atoms with Gasteiger partial charge in [-0.3, -0.25) is 4.79 Å². The van der Waals surface area contributed by atoms with Gasteiger partial charge in [-0.25, -0.2) is 5.10 Å². The summed E-state index contributed by atoms with van der Waals surface area (Å²) in [5.41, 5.74) is 1.41. The molecule has 2 aromatic heterocycles. The van der Waals surface area contributed by atoms with Gasteiger partial charge in [0.2, 0.25) is 0 Å². The highest BCUT2D eigenvalue weighted by molar-refractivity contribution is 7.13. The van der Waals surface area contributed by atoms with Crippen molar-refractivity contribution < 1.29 is 0 Å². The van der Waals surface area contributed by atoms with Crippen LogP contribution in [0.2, 0.25) is 0 Å². The van der Waals surface area contributed by atoms with Crippen molar-refractivity contribution >= 4 is 11.3 Å². The lowest BCUT2D eigenvalue weighted by atomic mass is 10.2. The van der Waals surface area contributed by atoms with Crippen LogP contribution in [0.4, 0.5) is 0 Å². The largest absolute Gasteiger partial charge is 0.310 e. The Bertz CT molecular complexity index is 531. The van der Waals surface area contributed by atoms with Crippen LogP contribution < -0.4 is 10.9 Å². The molecule has 90 valence electrons. The number of hydrogen-bond acceptors (Lipinski definition) is 4. The van der Waals surface area contributed by atoms with Gasteiger partial charge in [-0.15, -0.1) is 11.3 Å². The van der Waals surface area contributed by atoms with E-state index in [1.54, 1.807) is 11.3 Å². The Balaban J connectivity index is 2.27. The van der Waals surface area contributed by atoms with Crippen LogP contribution >= 0.6 is 11.3 Å². The number of hydrogen-bond donors (Lipinski definition) is 2. The molecule has 4 nitrogen and oxygen atoms in total. The van der Waals surface area contributed by atoms with Crippen LogP contribution in [-0.4, -0.2) is 16.2 Å². The fourth-order valence-electron chi connectivity index (χ4n) is 1.44. The third-order valence-electron chi connectivity index (χ3n) is 2.35. The molecule has 0 bridgehead atoms. The number of aromatic nitrogens is 2. The average molecular weight is 249 g/mol. The molecule has 0 aliphatic rings. The molecule has 0 aromatic carbocycles. The van der Waals surface area contributed by atoms with E-state index in [9.17, 15) is 4.79 Å². The summed E-state index contributed by atoms with van der Waals surface area (Å²) in [6.07, 6.45) is 0. The van der Waals surface area contributed by atoms with E-state index in [4.69, 9.17) is 0 Å². The zero-order chi connectivity index (χ0) is 12.3. The van der Waals surface area contributed by atoms with Gasteiger partial charge in [0.25, 0.3) is 5.56 Å². The van der Waals surface area contributed by atoms with E-state index < -0.39 is 0 Å². The lowest BCUT2D eigenvalue weighted by Gasteiger charge is -2.07. The molecule has 2 aromatic rings. The SMILES string of the molecule is CC(C)NCc1cc(-c2cccs2)n[nH]c1=O. The summed E-state index contributed by atoms with van der Waals surface area (Å²) in [4.78, 5) is 12.7. The van der Waals surface area contributed by atoms with Crippen LogP contribution in [-0.2, 0) is 6.54 Å². The molecule has 0 radical (unpaired) electrons. The van der Waals surface area contributed by atoms with Crippen molar-refractivity contribution in [1.82, 2.24) is 15.5 Å². The Morgan fingerprint density at radius 3 is 3.00 bits per heavy atom. The Hall–Kier alpha value is -1.46. The lowest BCUT2D eigenvalue weighted by Crippen LogP contribution is -2.26. The quantitative estimate of drug-likeness (QED) is 0.871. The lowest BCUT2D eigenvalue weighted by molar-refractivity contribution is 0.585. The third-order valence-corrected chi connectivity index (χ3v) is 3.25. The van der Waals surface area contributed by atoms with Crippen molar-refractivity contribution in [3.05, 3.63) is 39.5 Å². The average Bonchev–Trinajstić information content (AvgIpc) is 2.81. The molecule has 0 aliphatic heterocycles. The van der Waals surface area contributed by atoms with Crippen molar-refractivity contribution in [2.24, 2.45) is 0 Å². The van der Waals surface area contributed by atoms with Crippen molar-refractivity contribution in [3.8, 4) is 10.6 Å². The first-order chi connectivity index (χ1) is 8.16. The van der Waals surface area contributed by atoms with Crippen LogP contribution in [0.3, 0.4) is 0 Å². The zero-order valence-electron chi connectivity index (χ0n) is 9.86. The van der Waals surface area contributed by atoms with E-state index in [2.05, 4.69) is 29.4 Å². The van der Waals surface area contributed by atoms with Gasteiger partial charge in [-0.2, -0.15) is 5.10 Å². The summed E-state index contributed by atoms with van der Waals surface area (Å²) in [6, 6.07) is 6.16. The first kappa shape index (κ1) is 12.0. The second kappa shape index (κ2) is 5.25. The van der Waals surface area contributed by atoms with E-state index in [0.29, 0.717) is 12.6 Å². The van der Waals surface area contributed by atoms with Gasteiger partial charge in [-0.1, -0.05) is 19.9 Å². The van der Waals surface area contributed by atoms with Gasteiger partial charge in [0.15, 0.2) is 0 Å². The van der Waals surface area contributed by atoms with Crippen LogP contribution in [0, 0.1) is 0 Å². The monoisotopic (exact) mass is 249 g/mol. The number of nitrogens with one attached hydrogen (secondary N) is 2. The smallest absolute Gasteiger partial charge is 0.268 e. The van der Waals surface area contributed by atoms with Crippen LogP contribution in [0.15, 0.2) is 28.4 Å². The number of rotatable bonds is 4. The van der Waals surface area contributed by atoms with Gasteiger partial charge in [0.1, 0.15) is 5.69 Å². The summed E-state index contributed by atoms with van der Waals surface area (Å²) in [5, 5.41) is 11.8. The van der Waals surface area contributed by atoms with E-state index in [-0.39, 0.29) is 5.56 Å². The fraction of sp³-hybridized carbons (Fsp3) is 0.333. The van der Waals surface area contributed by atoms with E-state index in [1.165, 1.54) is 0 Å². The van der Waals surface area contributed by atoms with E-state index in [1.807, 2.05) is 23.6 Å². The van der Waals surface area contributed by atoms with Crippen LogP contribution in [0.25, 0.3) is 10.6 Å². The maximum Gasteiger partial charge on any atom is 0.268 e. The molecule has 0 saturated carbocycles. The van der Waals surface area contributed by atoms with Crippen LogP contribution in [0.5, 0.6) is 0 Å². The fourth-order valence-corrected chi connectivity index (χ4v) is 2.13. The minimum absolute atomic E-state index is 0.126. The van der Waals surface area contributed by atoms with Crippen LogP contribution in [0.1, 0.15) is 19.4 Å². The van der Waals surface area contributed by atoms with Crippen molar-refractivity contribution in [3.63, 3.8) is 0 Å². The highest BCUT2D eigenvalue weighted by Crippen LogP contribution is 2.21. The molecule has 5 heteroatoms. The molecule has 0 saturated heterocycles. The molecule has 0 amide bonds. The predicted molar refractivity (Wildman–Crippen MR) is 70.1 cm³/mol. The minimum atomic E-state index is -0.126. The molecule has 2 N–H and O–H groups in total. The number of nitrogens with zero attached hydrogens (tertiary/aromatic N) is 1. The summed E-state index contributed by atoms with van der Waals surface area (Å²) in [6.45, 7) is 4.67. The number of H-pyrrole nitrogens is 1. The molecule has 0 fully saturated rings. The maximum atomic E-state index is 11.6. The van der Waals surface area contributed by atoms with Crippen molar-refractivity contribution in [2.75, 3.05) is 0 Å². The minimum Gasteiger partial charge on any atom is -0.310 e. The molecule has 0 atom stereocenters. The van der Waals surface area contributed by atoms with E-state index in [0.717, 1.165) is 16.1 Å². The molecular weight excluding hydrogens is 234 g/mol. The molecule has 17 heavy (non-hydrogen) atoms. The Morgan fingerprint density at radius 1 is 1.53 bits per heavy atom. The molecule has 0 aliphatic carbocycles. The topological polar surface area (TPSA) is 57.8 Å². The zero-order valence-corrected chi connectivity index (χ0v) is 10.7. The highest BCUT2D eigenvalue weighted by atomic mass is 32.1. The van der Waals surface area contributed by atoms with Gasteiger partial charge >= 0.3 is 0 Å². The van der Waals surface area contributed by atoms with Gasteiger partial charge in [0, 0.05) is 18.2 Å². The summed E-state index contributed by atoms with van der Waals surface area (Å²) in [7, 11) is 0. The first-order valence-electron chi connectivity index (χ1n) is 5.52. The summed E-state index contributed by atoms with van der Waals surface area (Å²) in [5.74, 6) is 0. The van der Waals surface area contributed by atoms with Gasteiger partial charge in [0.05, 0.1) is 4.88 Å². The normalized spacial score (nSPS) is 11.0. The highest BCUT2D eigenvalue weighted by Gasteiger charge is 2.06. The molecule has 2 heterocycles. The van der Waals surface area contributed by atoms with Crippen molar-refractivity contribution in [1.29, 1.82) is 0 Å². The molecule has 0 spiro atoms. The third kappa shape index (κ3) is 3.01. The van der Waals surface area contributed by atoms with Gasteiger partial charge < -0.3 is 5.32 Å². The summed E-state index contributed by atoms with van der Waals surface area (Å²) < 4.78 is 0. The summed E-state index contributed by atoms with van der Waals surface area (Å²) >= 11 is 1.61. The van der Waals surface area contributed by atoms with E-state index >= 15 is 0 Å². The Labute approximate surface area is 104 Å². The number of thiophene rings is 1. The second-order valence-electron chi connectivity index (χ2n) is 4.12.